The maximum Gasteiger partial charge on any atom is 0.342 e. The number of ether oxygens (including phenoxy) is 1. The average molecular weight is 433 g/mol. The van der Waals surface area contributed by atoms with Gasteiger partial charge in [0.05, 0.1) is 5.56 Å². The first kappa shape index (κ1) is 23.0. The van der Waals surface area contributed by atoms with Crippen LogP contribution in [0, 0.1) is 0 Å². The Kier molecular flexibility index (Phi) is 7.00. The highest BCUT2D eigenvalue weighted by Gasteiger charge is 2.28. The first-order valence-electron chi connectivity index (χ1n) is 8.67. The van der Waals surface area contributed by atoms with E-state index in [1.54, 1.807) is 10.6 Å². The number of hydrogen-bond acceptors (Lipinski definition) is 10. The minimum Gasteiger partial charge on any atom is -0.504 e. The molecule has 0 aliphatic carbocycles. The first-order valence-corrected chi connectivity index (χ1v) is 8.67. The second-order valence-corrected chi connectivity index (χ2v) is 6.26. The molecule has 12 heteroatoms. The van der Waals surface area contributed by atoms with Crippen LogP contribution in [0.15, 0.2) is 36.4 Å². The summed E-state index contributed by atoms with van der Waals surface area (Å²) in [6, 6.07) is 4.28. The first-order chi connectivity index (χ1) is 14.5. The van der Waals surface area contributed by atoms with Crippen molar-refractivity contribution in [2.75, 3.05) is 0 Å². The fraction of sp³-hybridized carbons (Fsp3) is 0.158. The highest BCUT2D eigenvalue weighted by molar-refractivity contribution is 6.09. The molecule has 0 aliphatic heterocycles. The van der Waals surface area contributed by atoms with Gasteiger partial charge in [-0.25, -0.2) is 9.59 Å². The zero-order valence-corrected chi connectivity index (χ0v) is 16.0. The van der Waals surface area contributed by atoms with Gasteiger partial charge >= 0.3 is 12.0 Å². The summed E-state index contributed by atoms with van der Waals surface area (Å²) < 4.78 is 4.96. The van der Waals surface area contributed by atoms with E-state index in [-0.39, 0.29) is 5.56 Å². The van der Waals surface area contributed by atoms with Gasteiger partial charge in [0.15, 0.2) is 23.0 Å². The highest BCUT2D eigenvalue weighted by atomic mass is 16.5. The van der Waals surface area contributed by atoms with Crippen LogP contribution in [0.4, 0.5) is 4.79 Å². The predicted molar refractivity (Wildman–Crippen MR) is 103 cm³/mol. The monoisotopic (exact) mass is 433 g/mol. The average Bonchev–Trinajstić information content (AvgIpc) is 2.70. The molecule has 12 nitrogen and oxygen atoms in total. The fourth-order valence-corrected chi connectivity index (χ4v) is 2.33. The Labute approximate surface area is 174 Å². The Balaban J connectivity index is 1.95. The molecule has 0 radical (unpaired) electrons. The molecule has 4 amide bonds. The van der Waals surface area contributed by atoms with Crippen LogP contribution in [0.25, 0.3) is 0 Å². The maximum absolute atomic E-state index is 12.1. The normalized spacial score (nSPS) is 12.3. The molecule has 0 fully saturated rings. The molecular weight excluding hydrogens is 414 g/mol. The van der Waals surface area contributed by atoms with Crippen molar-refractivity contribution in [3.63, 3.8) is 0 Å². The van der Waals surface area contributed by atoms with E-state index in [9.17, 15) is 39.6 Å². The van der Waals surface area contributed by atoms with Gasteiger partial charge < -0.3 is 30.9 Å². The van der Waals surface area contributed by atoms with Crippen molar-refractivity contribution in [3.05, 3.63) is 47.5 Å². The van der Waals surface area contributed by atoms with Crippen LogP contribution in [-0.4, -0.2) is 56.4 Å². The number of carbonyl (C=O) groups excluding carboxylic acids is 4. The minimum atomic E-state index is -1.54. The molecule has 0 spiro atoms. The van der Waals surface area contributed by atoms with E-state index < -0.39 is 64.5 Å². The number of benzene rings is 2. The van der Waals surface area contributed by atoms with Gasteiger partial charge in [-0.15, -0.1) is 0 Å². The number of hydrogen-bond donors (Lipinski definition) is 7. The molecule has 31 heavy (non-hydrogen) atoms. The number of carbonyl (C=O) groups is 4. The van der Waals surface area contributed by atoms with Crippen LogP contribution in [0.5, 0.6) is 23.0 Å². The van der Waals surface area contributed by atoms with Crippen molar-refractivity contribution >= 4 is 23.8 Å². The van der Waals surface area contributed by atoms with Crippen LogP contribution in [-0.2, 0) is 9.53 Å². The van der Waals surface area contributed by atoms with Gasteiger partial charge in [0.1, 0.15) is 17.7 Å². The highest BCUT2D eigenvalue weighted by Crippen LogP contribution is 2.29. The Morgan fingerprint density at radius 3 is 1.97 bits per heavy atom. The smallest absolute Gasteiger partial charge is 0.342 e. The number of urea groups is 1. The summed E-state index contributed by atoms with van der Waals surface area (Å²) >= 11 is 0. The molecule has 2 unspecified atom stereocenters. The molecule has 0 aromatic heterocycles. The molecule has 0 bridgehead atoms. The molecule has 2 aromatic carbocycles. The number of para-hydroxylation sites is 2. The largest absolute Gasteiger partial charge is 0.504 e. The topological polar surface area (TPSA) is 209 Å². The lowest BCUT2D eigenvalue weighted by Gasteiger charge is -2.19. The van der Waals surface area contributed by atoms with Crippen LogP contribution < -0.4 is 16.4 Å². The molecule has 0 saturated carbocycles. The summed E-state index contributed by atoms with van der Waals surface area (Å²) in [5.74, 6) is -5.90. The lowest BCUT2D eigenvalue weighted by Crippen LogP contribution is -2.53. The third-order valence-electron chi connectivity index (χ3n) is 4.06. The summed E-state index contributed by atoms with van der Waals surface area (Å²) in [7, 11) is 0. The summed E-state index contributed by atoms with van der Waals surface area (Å²) in [6.07, 6.45) is -1.27. The van der Waals surface area contributed by atoms with Gasteiger partial charge in [0.25, 0.3) is 5.91 Å². The zero-order chi connectivity index (χ0) is 23.3. The quantitative estimate of drug-likeness (QED) is 0.249. The second-order valence-electron chi connectivity index (χ2n) is 6.26. The van der Waals surface area contributed by atoms with Gasteiger partial charge in [0, 0.05) is 0 Å². The molecule has 8 N–H and O–H groups in total. The lowest BCUT2D eigenvalue weighted by molar-refractivity contribution is -0.123. The summed E-state index contributed by atoms with van der Waals surface area (Å²) in [4.78, 5) is 48.0. The van der Waals surface area contributed by atoms with Crippen LogP contribution in [0.3, 0.4) is 0 Å². The van der Waals surface area contributed by atoms with Gasteiger partial charge in [-0.3, -0.25) is 20.2 Å². The number of nitrogens with two attached hydrogens (primary N) is 1. The number of imide groups is 2. The molecule has 2 rings (SSSR count). The van der Waals surface area contributed by atoms with E-state index >= 15 is 0 Å². The number of phenols is 4. The Morgan fingerprint density at radius 2 is 1.39 bits per heavy atom. The van der Waals surface area contributed by atoms with Crippen molar-refractivity contribution in [2.45, 2.75) is 19.1 Å². The van der Waals surface area contributed by atoms with E-state index in [1.165, 1.54) is 25.1 Å². The molecule has 0 heterocycles. The fourth-order valence-electron chi connectivity index (χ4n) is 2.33. The Morgan fingerprint density at radius 1 is 0.871 bits per heavy atom. The van der Waals surface area contributed by atoms with Gasteiger partial charge in [-0.05, 0) is 31.2 Å². The van der Waals surface area contributed by atoms with Crippen molar-refractivity contribution < 1.29 is 44.3 Å². The van der Waals surface area contributed by atoms with E-state index in [0.717, 1.165) is 18.2 Å². The second kappa shape index (κ2) is 9.45. The molecule has 2 atom stereocenters. The van der Waals surface area contributed by atoms with Crippen LogP contribution >= 0.6 is 0 Å². The van der Waals surface area contributed by atoms with Gasteiger partial charge in [-0.1, -0.05) is 12.1 Å². The van der Waals surface area contributed by atoms with Gasteiger partial charge in [0.2, 0.25) is 5.91 Å². The number of nitrogens with one attached hydrogen (secondary N) is 2. The molecule has 164 valence electrons. The number of esters is 1. The SMILES string of the molecule is CC(OC(=O)c1cccc(O)c1O)C(N)C(=O)NC(=O)NC(=O)c1cccc(O)c1O. The summed E-state index contributed by atoms with van der Waals surface area (Å²) in [5, 5.41) is 41.6. The van der Waals surface area contributed by atoms with Crippen molar-refractivity contribution in [3.8, 4) is 23.0 Å². The molecule has 2 aromatic rings. The van der Waals surface area contributed by atoms with E-state index in [0.29, 0.717) is 0 Å². The molecular formula is C19H19N3O9. The van der Waals surface area contributed by atoms with Gasteiger partial charge in [-0.2, -0.15) is 0 Å². The standard InChI is InChI=1S/C19H19N3O9/c1-8(31-18(29)10-5-3-7-12(24)15(10)26)13(20)17(28)22-19(30)21-16(27)9-4-2-6-11(23)14(9)25/h2-8,13,23-26H,20H2,1H3,(H2,21,22,27,28,30). The molecule has 0 saturated heterocycles. The zero-order valence-electron chi connectivity index (χ0n) is 16.0. The number of amides is 4. The summed E-state index contributed by atoms with van der Waals surface area (Å²) in [5.41, 5.74) is 4.87. The Bertz CT molecular complexity index is 1040. The van der Waals surface area contributed by atoms with Crippen molar-refractivity contribution in [1.82, 2.24) is 10.6 Å². The van der Waals surface area contributed by atoms with Crippen LogP contribution in [0.2, 0.25) is 0 Å². The van der Waals surface area contributed by atoms with Crippen LogP contribution in [0.1, 0.15) is 27.6 Å². The minimum absolute atomic E-state index is 0.367. The van der Waals surface area contributed by atoms with Crippen molar-refractivity contribution in [1.29, 1.82) is 0 Å². The maximum atomic E-state index is 12.1. The Hall–Kier alpha value is -4.32. The number of phenolic OH excluding ortho intramolecular Hbond substituents is 4. The third-order valence-corrected chi connectivity index (χ3v) is 4.06. The molecule has 0 aliphatic rings. The summed E-state index contributed by atoms with van der Waals surface area (Å²) in [6.45, 7) is 1.25. The third kappa shape index (κ3) is 5.39. The lowest BCUT2D eigenvalue weighted by atomic mass is 10.1. The van der Waals surface area contributed by atoms with E-state index in [2.05, 4.69) is 0 Å². The number of rotatable bonds is 5. The predicted octanol–water partition coefficient (Wildman–Crippen LogP) is 0.0478. The van der Waals surface area contributed by atoms with E-state index in [4.69, 9.17) is 10.5 Å². The van der Waals surface area contributed by atoms with E-state index in [1.807, 2.05) is 0 Å². The van der Waals surface area contributed by atoms with Crippen molar-refractivity contribution in [2.24, 2.45) is 5.73 Å². The number of aromatic hydroxyl groups is 4.